The van der Waals surface area contributed by atoms with Crippen LogP contribution < -0.4 is 0 Å². The van der Waals surface area contributed by atoms with Gasteiger partial charge in [0.1, 0.15) is 5.82 Å². The number of aryl methyl sites for hydroxylation is 1. The van der Waals surface area contributed by atoms with Gasteiger partial charge in [-0.3, -0.25) is 14.2 Å². The summed E-state index contributed by atoms with van der Waals surface area (Å²) in [4.78, 5) is 44.1. The predicted octanol–water partition coefficient (Wildman–Crippen LogP) is 2.18. The van der Waals surface area contributed by atoms with Crippen molar-refractivity contribution in [3.8, 4) is 5.69 Å². The number of fused-ring (bicyclic) bond motifs is 1. The van der Waals surface area contributed by atoms with Gasteiger partial charge in [0.25, 0.3) is 5.91 Å². The van der Waals surface area contributed by atoms with Gasteiger partial charge in [0.15, 0.2) is 6.61 Å². The van der Waals surface area contributed by atoms with Crippen molar-refractivity contribution in [3.63, 3.8) is 0 Å². The van der Waals surface area contributed by atoms with Crippen molar-refractivity contribution < 1.29 is 19.1 Å². The molecule has 0 unspecified atom stereocenters. The van der Waals surface area contributed by atoms with Crippen molar-refractivity contribution in [2.45, 2.75) is 13.8 Å². The number of imidazole rings is 1. The molecule has 0 aliphatic carbocycles. The second kappa shape index (κ2) is 8.59. The summed E-state index contributed by atoms with van der Waals surface area (Å²) in [7, 11) is 0. The van der Waals surface area contributed by atoms with E-state index in [1.165, 1.54) is 6.92 Å². The summed E-state index contributed by atoms with van der Waals surface area (Å²) >= 11 is 0. The van der Waals surface area contributed by atoms with Gasteiger partial charge in [0.05, 0.1) is 16.6 Å². The van der Waals surface area contributed by atoms with Crippen LogP contribution in [0.3, 0.4) is 0 Å². The summed E-state index contributed by atoms with van der Waals surface area (Å²) in [5.41, 5.74) is 2.91. The molecule has 0 radical (unpaired) electrons. The SMILES string of the molecule is CC(=O)N1CCN(C(=O)COC(=O)c2ccc3c(c2)nc(C)n3-c2ccccc2)CC1. The van der Waals surface area contributed by atoms with Gasteiger partial charge in [-0.15, -0.1) is 0 Å². The first-order chi connectivity index (χ1) is 14.9. The van der Waals surface area contributed by atoms with Crippen molar-refractivity contribution in [1.82, 2.24) is 19.4 Å². The van der Waals surface area contributed by atoms with Crippen molar-refractivity contribution in [1.29, 1.82) is 0 Å². The zero-order valence-corrected chi connectivity index (χ0v) is 17.6. The Labute approximate surface area is 180 Å². The Bertz CT molecular complexity index is 1130. The van der Waals surface area contributed by atoms with Crippen molar-refractivity contribution in [2.24, 2.45) is 0 Å². The van der Waals surface area contributed by atoms with Crippen molar-refractivity contribution in [2.75, 3.05) is 32.8 Å². The Morgan fingerprint density at radius 1 is 0.968 bits per heavy atom. The molecule has 2 heterocycles. The molecular formula is C23H24N4O4. The Hall–Kier alpha value is -3.68. The first-order valence-corrected chi connectivity index (χ1v) is 10.2. The molecule has 8 nitrogen and oxygen atoms in total. The highest BCUT2D eigenvalue weighted by atomic mass is 16.5. The first-order valence-electron chi connectivity index (χ1n) is 10.2. The van der Waals surface area contributed by atoms with Crippen LogP contribution in [0.1, 0.15) is 23.1 Å². The minimum Gasteiger partial charge on any atom is -0.452 e. The molecular weight excluding hydrogens is 396 g/mol. The molecule has 1 aliphatic rings. The molecule has 0 spiro atoms. The molecule has 0 atom stereocenters. The number of carbonyl (C=O) groups excluding carboxylic acids is 3. The molecule has 1 saturated heterocycles. The molecule has 4 rings (SSSR count). The van der Waals surface area contributed by atoms with E-state index in [-0.39, 0.29) is 18.4 Å². The Balaban J connectivity index is 1.42. The van der Waals surface area contributed by atoms with E-state index in [0.29, 0.717) is 37.3 Å². The zero-order chi connectivity index (χ0) is 22.0. The molecule has 0 bridgehead atoms. The van der Waals surface area contributed by atoms with Crippen LogP contribution in [0.15, 0.2) is 48.5 Å². The van der Waals surface area contributed by atoms with E-state index in [1.54, 1.807) is 21.9 Å². The van der Waals surface area contributed by atoms with Crippen LogP contribution in [0.2, 0.25) is 0 Å². The van der Waals surface area contributed by atoms with E-state index in [9.17, 15) is 14.4 Å². The Kier molecular flexibility index (Phi) is 5.70. The third-order valence-electron chi connectivity index (χ3n) is 5.48. The summed E-state index contributed by atoms with van der Waals surface area (Å²) in [6, 6.07) is 15.1. The van der Waals surface area contributed by atoms with Crippen LogP contribution in [0.4, 0.5) is 0 Å². The molecule has 2 amide bonds. The minimum absolute atomic E-state index is 0.00105. The lowest BCUT2D eigenvalue weighted by atomic mass is 10.2. The van der Waals surface area contributed by atoms with E-state index in [1.807, 2.05) is 47.9 Å². The van der Waals surface area contributed by atoms with Gasteiger partial charge in [0.2, 0.25) is 5.91 Å². The maximum Gasteiger partial charge on any atom is 0.338 e. The van der Waals surface area contributed by atoms with E-state index in [4.69, 9.17) is 4.74 Å². The van der Waals surface area contributed by atoms with Gasteiger partial charge in [-0.2, -0.15) is 0 Å². The van der Waals surface area contributed by atoms with Crippen molar-refractivity contribution >= 4 is 28.8 Å². The number of aromatic nitrogens is 2. The van der Waals surface area contributed by atoms with Gasteiger partial charge in [0, 0.05) is 38.8 Å². The quantitative estimate of drug-likeness (QED) is 0.604. The largest absolute Gasteiger partial charge is 0.452 e. The summed E-state index contributed by atoms with van der Waals surface area (Å²) < 4.78 is 7.27. The fourth-order valence-corrected chi connectivity index (χ4v) is 3.80. The third kappa shape index (κ3) is 4.28. The number of hydrogen-bond donors (Lipinski definition) is 0. The first kappa shape index (κ1) is 20.6. The molecule has 1 aliphatic heterocycles. The van der Waals surface area contributed by atoms with Crippen LogP contribution in [-0.2, 0) is 14.3 Å². The number of carbonyl (C=O) groups is 3. The second-order valence-corrected chi connectivity index (χ2v) is 7.50. The van der Waals surface area contributed by atoms with Crippen molar-refractivity contribution in [3.05, 3.63) is 59.9 Å². The fourth-order valence-electron chi connectivity index (χ4n) is 3.80. The fraction of sp³-hybridized carbons (Fsp3) is 0.304. The van der Waals surface area contributed by atoms with Crippen LogP contribution in [0.5, 0.6) is 0 Å². The number of nitrogens with zero attached hydrogens (tertiary/aromatic N) is 4. The minimum atomic E-state index is -0.565. The molecule has 0 N–H and O–H groups in total. The smallest absolute Gasteiger partial charge is 0.338 e. The summed E-state index contributed by atoms with van der Waals surface area (Å²) in [6.07, 6.45) is 0. The maximum atomic E-state index is 12.5. The lowest BCUT2D eigenvalue weighted by molar-refractivity contribution is -0.140. The van der Waals surface area contributed by atoms with E-state index >= 15 is 0 Å². The number of esters is 1. The summed E-state index contributed by atoms with van der Waals surface area (Å²) in [5.74, 6) is -0.0168. The highest BCUT2D eigenvalue weighted by molar-refractivity contribution is 5.95. The van der Waals surface area contributed by atoms with E-state index in [0.717, 1.165) is 17.0 Å². The number of benzene rings is 2. The average Bonchev–Trinajstić information content (AvgIpc) is 3.12. The number of para-hydroxylation sites is 1. The maximum absolute atomic E-state index is 12.5. The predicted molar refractivity (Wildman–Crippen MR) is 115 cm³/mol. The monoisotopic (exact) mass is 420 g/mol. The molecule has 2 aromatic carbocycles. The Morgan fingerprint density at radius 2 is 1.65 bits per heavy atom. The molecule has 0 saturated carbocycles. The number of piperazine rings is 1. The number of ether oxygens (including phenoxy) is 1. The molecule has 31 heavy (non-hydrogen) atoms. The topological polar surface area (TPSA) is 84.7 Å². The van der Waals surface area contributed by atoms with Crippen LogP contribution >= 0.6 is 0 Å². The third-order valence-corrected chi connectivity index (χ3v) is 5.48. The summed E-state index contributed by atoms with van der Waals surface area (Å²) in [6.45, 7) is 4.98. The van der Waals surface area contributed by atoms with Crippen LogP contribution in [0.25, 0.3) is 16.7 Å². The highest BCUT2D eigenvalue weighted by Crippen LogP contribution is 2.22. The highest BCUT2D eigenvalue weighted by Gasteiger charge is 2.23. The van der Waals surface area contributed by atoms with Gasteiger partial charge >= 0.3 is 5.97 Å². The number of rotatable bonds is 4. The van der Waals surface area contributed by atoms with E-state index < -0.39 is 5.97 Å². The van der Waals surface area contributed by atoms with Gasteiger partial charge in [-0.1, -0.05) is 18.2 Å². The molecule has 160 valence electrons. The molecule has 8 heteroatoms. The standard InChI is InChI=1S/C23H24N4O4/c1-16-24-20-14-18(8-9-21(20)27(16)19-6-4-3-5-7-19)23(30)31-15-22(29)26-12-10-25(11-13-26)17(2)28/h3-9,14H,10-13,15H2,1-2H3. The Morgan fingerprint density at radius 3 is 2.32 bits per heavy atom. The number of amides is 2. The van der Waals surface area contributed by atoms with E-state index in [2.05, 4.69) is 4.98 Å². The normalized spacial score (nSPS) is 14.0. The van der Waals surface area contributed by atoms with Gasteiger partial charge < -0.3 is 14.5 Å². The molecule has 3 aromatic rings. The van der Waals surface area contributed by atoms with Crippen LogP contribution in [-0.4, -0.2) is 69.9 Å². The summed E-state index contributed by atoms with van der Waals surface area (Å²) in [5, 5.41) is 0. The van der Waals surface area contributed by atoms with Crippen LogP contribution in [0, 0.1) is 6.92 Å². The van der Waals surface area contributed by atoms with Gasteiger partial charge in [-0.25, -0.2) is 9.78 Å². The average molecular weight is 420 g/mol. The molecule has 1 fully saturated rings. The number of hydrogen-bond acceptors (Lipinski definition) is 5. The van der Waals surface area contributed by atoms with Gasteiger partial charge in [-0.05, 0) is 37.3 Å². The molecule has 1 aromatic heterocycles. The zero-order valence-electron chi connectivity index (χ0n) is 17.6. The second-order valence-electron chi connectivity index (χ2n) is 7.50. The lowest BCUT2D eigenvalue weighted by Crippen LogP contribution is -2.51. The lowest BCUT2D eigenvalue weighted by Gasteiger charge is -2.34.